The van der Waals surface area contributed by atoms with Gasteiger partial charge in [-0.25, -0.2) is 4.98 Å². The highest BCUT2D eigenvalue weighted by atomic mass is 79.9. The molecule has 6 nitrogen and oxygen atoms in total. The zero-order valence-corrected chi connectivity index (χ0v) is 17.6. The average molecular weight is 451 g/mol. The lowest BCUT2D eigenvalue weighted by Crippen LogP contribution is -2.48. The molecule has 1 unspecified atom stereocenters. The summed E-state index contributed by atoms with van der Waals surface area (Å²) in [5.74, 6) is 0.633. The topological polar surface area (TPSA) is 81.9 Å². The first-order valence-electron chi connectivity index (χ1n) is 8.67. The Balaban J connectivity index is 2.32. The predicted molar refractivity (Wildman–Crippen MR) is 109 cm³/mol. The Morgan fingerprint density at radius 2 is 2.11 bits per heavy atom. The summed E-state index contributed by atoms with van der Waals surface area (Å²) in [6.07, 6.45) is 4.42. The van der Waals surface area contributed by atoms with Gasteiger partial charge in [0.1, 0.15) is 6.07 Å². The van der Waals surface area contributed by atoms with Crippen LogP contribution in [-0.2, 0) is 5.88 Å². The average Bonchev–Trinajstić information content (AvgIpc) is 2.70. The molecule has 1 aromatic heterocycles. The Labute approximate surface area is 172 Å². The van der Waals surface area contributed by atoms with Crippen molar-refractivity contribution in [1.29, 1.82) is 5.26 Å². The van der Waals surface area contributed by atoms with E-state index in [4.69, 9.17) is 16.9 Å². The van der Waals surface area contributed by atoms with Crippen molar-refractivity contribution < 1.29 is 4.79 Å². The molecular formula is C19H21BrClN5O. The molecule has 1 atom stereocenters. The Hall–Kier alpha value is -2.17. The number of unbranched alkanes of at least 4 members (excludes halogenated alkanes) is 1. The van der Waals surface area contributed by atoms with Crippen molar-refractivity contribution in [3.63, 3.8) is 0 Å². The number of halogens is 2. The van der Waals surface area contributed by atoms with Crippen molar-refractivity contribution in [1.82, 2.24) is 15.4 Å². The van der Waals surface area contributed by atoms with Gasteiger partial charge in [0.2, 0.25) is 5.82 Å². The molecule has 1 aromatic carbocycles. The predicted octanol–water partition coefficient (Wildman–Crippen LogP) is 4.58. The molecule has 0 saturated heterocycles. The van der Waals surface area contributed by atoms with Gasteiger partial charge in [0.25, 0.3) is 5.91 Å². The summed E-state index contributed by atoms with van der Waals surface area (Å²) in [7, 11) is 0. The maximum absolute atomic E-state index is 12.8. The second-order valence-electron chi connectivity index (χ2n) is 6.11. The highest BCUT2D eigenvalue weighted by Crippen LogP contribution is 2.25. The van der Waals surface area contributed by atoms with E-state index in [2.05, 4.69) is 38.2 Å². The van der Waals surface area contributed by atoms with Crippen molar-refractivity contribution >= 4 is 39.3 Å². The minimum absolute atomic E-state index is 0.0197. The van der Waals surface area contributed by atoms with Crippen LogP contribution < -0.4 is 10.4 Å². The van der Waals surface area contributed by atoms with E-state index >= 15 is 0 Å². The fraction of sp³-hybridized carbons (Fsp3) is 0.368. The van der Waals surface area contributed by atoms with Crippen LogP contribution in [0.4, 0.5) is 5.82 Å². The Morgan fingerprint density at radius 1 is 1.41 bits per heavy atom. The van der Waals surface area contributed by atoms with E-state index in [9.17, 15) is 4.79 Å². The van der Waals surface area contributed by atoms with Gasteiger partial charge < -0.3 is 0 Å². The first-order chi connectivity index (χ1) is 13.0. The maximum Gasteiger partial charge on any atom is 0.269 e. The van der Waals surface area contributed by atoms with Crippen molar-refractivity contribution in [2.75, 3.05) is 5.01 Å². The van der Waals surface area contributed by atoms with Crippen LogP contribution in [0.5, 0.6) is 0 Å². The van der Waals surface area contributed by atoms with Gasteiger partial charge in [-0.2, -0.15) is 10.2 Å². The number of alkyl halides is 1. The second kappa shape index (κ2) is 10.2. The van der Waals surface area contributed by atoms with Crippen LogP contribution >= 0.6 is 27.5 Å². The zero-order chi connectivity index (χ0) is 19.8. The van der Waals surface area contributed by atoms with Crippen LogP contribution in [0.15, 0.2) is 34.9 Å². The molecular weight excluding hydrogens is 430 g/mol. The molecule has 1 N–H and O–H groups in total. The SMILES string of the molecule is CCCCC(C)N(NC(=O)c1ccc(CCl)cc1)c1nc(C#N)ncc1Br. The van der Waals surface area contributed by atoms with Crippen LogP contribution in [0, 0.1) is 11.3 Å². The molecule has 0 radical (unpaired) electrons. The fourth-order valence-corrected chi connectivity index (χ4v) is 3.06. The van der Waals surface area contributed by atoms with Crippen molar-refractivity contribution in [3.05, 3.63) is 51.9 Å². The number of aromatic nitrogens is 2. The summed E-state index contributed by atoms with van der Waals surface area (Å²) in [6.45, 7) is 4.12. The number of amides is 1. The Kier molecular flexibility index (Phi) is 8.01. The molecule has 0 aliphatic rings. The summed E-state index contributed by atoms with van der Waals surface area (Å²) >= 11 is 9.22. The molecule has 1 heterocycles. The molecule has 142 valence electrons. The van der Waals surface area contributed by atoms with E-state index in [0.717, 1.165) is 24.8 Å². The molecule has 0 bridgehead atoms. The lowest BCUT2D eigenvalue weighted by Gasteiger charge is -2.31. The van der Waals surface area contributed by atoms with E-state index < -0.39 is 0 Å². The Morgan fingerprint density at radius 3 is 2.70 bits per heavy atom. The number of hydrogen-bond acceptors (Lipinski definition) is 5. The first kappa shape index (κ1) is 21.1. The molecule has 27 heavy (non-hydrogen) atoms. The highest BCUT2D eigenvalue weighted by molar-refractivity contribution is 9.10. The summed E-state index contributed by atoms with van der Waals surface area (Å²) in [5, 5.41) is 10.8. The monoisotopic (exact) mass is 449 g/mol. The molecule has 0 fully saturated rings. The van der Waals surface area contributed by atoms with Gasteiger partial charge >= 0.3 is 0 Å². The third-order valence-electron chi connectivity index (χ3n) is 4.06. The lowest BCUT2D eigenvalue weighted by molar-refractivity contribution is 0.0943. The zero-order valence-electron chi connectivity index (χ0n) is 15.2. The summed E-state index contributed by atoms with van der Waals surface area (Å²) in [5.41, 5.74) is 4.38. The van der Waals surface area contributed by atoms with Gasteiger partial charge in [-0.1, -0.05) is 31.9 Å². The highest BCUT2D eigenvalue weighted by Gasteiger charge is 2.22. The number of nitrogens with zero attached hydrogens (tertiary/aromatic N) is 4. The van der Waals surface area contributed by atoms with Crippen LogP contribution in [0.3, 0.4) is 0 Å². The van der Waals surface area contributed by atoms with Crippen LogP contribution in [0.1, 0.15) is 54.9 Å². The molecule has 0 aliphatic heterocycles. The van der Waals surface area contributed by atoms with Gasteiger partial charge in [-0.15, -0.1) is 11.6 Å². The van der Waals surface area contributed by atoms with Crippen LogP contribution in [0.25, 0.3) is 0 Å². The number of hydrazine groups is 1. The summed E-state index contributed by atoms with van der Waals surface area (Å²) in [6, 6.07) is 9.02. The van der Waals surface area contributed by atoms with Gasteiger partial charge in [-0.3, -0.25) is 15.2 Å². The third-order valence-corrected chi connectivity index (χ3v) is 4.93. The number of benzene rings is 1. The fourth-order valence-electron chi connectivity index (χ4n) is 2.50. The van der Waals surface area contributed by atoms with Crippen molar-refractivity contribution in [2.24, 2.45) is 0 Å². The van der Waals surface area contributed by atoms with Crippen molar-refractivity contribution in [3.8, 4) is 6.07 Å². The minimum atomic E-state index is -0.261. The normalized spacial score (nSPS) is 11.5. The van der Waals surface area contributed by atoms with E-state index in [0.29, 0.717) is 21.7 Å². The number of nitrogens with one attached hydrogen (secondary N) is 1. The number of nitriles is 1. The molecule has 2 aromatic rings. The lowest BCUT2D eigenvalue weighted by atomic mass is 10.1. The first-order valence-corrected chi connectivity index (χ1v) is 10.0. The van der Waals surface area contributed by atoms with Crippen LogP contribution in [-0.4, -0.2) is 21.9 Å². The Bertz CT molecular complexity index is 822. The standard InChI is InChI=1S/C19H21BrClN5O/c1-3-4-5-13(2)26(18-16(20)12-23-17(11-22)24-18)25-19(27)15-8-6-14(10-21)7-9-15/h6-9,12-13H,3-5,10H2,1-2H3,(H,25,27). The number of anilines is 1. The number of hydrogen-bond donors (Lipinski definition) is 1. The second-order valence-corrected chi connectivity index (χ2v) is 7.23. The molecule has 8 heteroatoms. The molecule has 0 spiro atoms. The van der Waals surface area contributed by atoms with Gasteiger partial charge in [0, 0.05) is 23.7 Å². The van der Waals surface area contributed by atoms with E-state index in [1.807, 2.05) is 25.1 Å². The van der Waals surface area contributed by atoms with E-state index in [1.54, 1.807) is 17.1 Å². The summed E-state index contributed by atoms with van der Waals surface area (Å²) < 4.78 is 0.600. The molecule has 0 saturated carbocycles. The summed E-state index contributed by atoms with van der Waals surface area (Å²) in [4.78, 5) is 21.0. The van der Waals surface area contributed by atoms with Gasteiger partial charge in [0.05, 0.1) is 4.47 Å². The largest absolute Gasteiger partial charge is 0.269 e. The third kappa shape index (κ3) is 5.65. The van der Waals surface area contributed by atoms with E-state index in [-0.39, 0.29) is 17.8 Å². The number of carbonyl (C=O) groups is 1. The molecule has 0 aliphatic carbocycles. The number of carbonyl (C=O) groups excluding carboxylic acids is 1. The van der Waals surface area contributed by atoms with Gasteiger partial charge in [0.15, 0.2) is 5.82 Å². The smallest absolute Gasteiger partial charge is 0.267 e. The van der Waals surface area contributed by atoms with Crippen LogP contribution in [0.2, 0.25) is 0 Å². The molecule has 2 rings (SSSR count). The van der Waals surface area contributed by atoms with Crippen molar-refractivity contribution in [2.45, 2.75) is 45.0 Å². The van der Waals surface area contributed by atoms with E-state index in [1.165, 1.54) is 6.20 Å². The quantitative estimate of drug-likeness (QED) is 0.470. The number of rotatable bonds is 8. The maximum atomic E-state index is 12.8. The minimum Gasteiger partial charge on any atom is -0.267 e. The van der Waals surface area contributed by atoms with Gasteiger partial charge in [-0.05, 0) is 47.0 Å². The molecule has 1 amide bonds.